The van der Waals surface area contributed by atoms with Crippen LogP contribution in [0, 0.1) is 11.8 Å². The molecular formula is C17H42O. The average molecular weight is 263 g/mol. The molecule has 18 heavy (non-hydrogen) atoms. The Labute approximate surface area is 119 Å². The van der Waals surface area contributed by atoms with Gasteiger partial charge >= 0.3 is 0 Å². The molecule has 0 spiro atoms. The average Bonchev–Trinajstić information content (AvgIpc) is 2.33. The van der Waals surface area contributed by atoms with Gasteiger partial charge in [-0.25, -0.2) is 0 Å². The fraction of sp³-hybridized carbons (Fsp3) is 0.941. The van der Waals surface area contributed by atoms with Crippen molar-refractivity contribution in [2.75, 3.05) is 0 Å². The molecule has 0 saturated carbocycles. The molecule has 0 atom stereocenters. The summed E-state index contributed by atoms with van der Waals surface area (Å²) in [4.78, 5) is 10.5. The van der Waals surface area contributed by atoms with E-state index < -0.39 is 0 Å². The standard InChI is InChI=1S/C6H12O.C4H10.C3H8.2C2H6/c1-4-6(7)5(2)3;1-4(2)3;1-3-2;2*1-2/h5H,4H2,1-3H3;4H,1-3H3;3H2,1-2H3;2*1-2H3. The summed E-state index contributed by atoms with van der Waals surface area (Å²) in [5.41, 5.74) is 0. The Bertz CT molecular complexity index is 101. The van der Waals surface area contributed by atoms with Crippen molar-refractivity contribution in [1.29, 1.82) is 0 Å². The lowest BCUT2D eigenvalue weighted by Gasteiger charge is -1.96. The third kappa shape index (κ3) is 105. The van der Waals surface area contributed by atoms with Crippen molar-refractivity contribution in [3.63, 3.8) is 0 Å². The van der Waals surface area contributed by atoms with Crippen LogP contribution in [0.1, 0.15) is 95.9 Å². The lowest BCUT2D eigenvalue weighted by molar-refractivity contribution is -0.121. The van der Waals surface area contributed by atoms with Gasteiger partial charge < -0.3 is 0 Å². The predicted octanol–water partition coefficient (Wildman–Crippen LogP) is 6.75. The predicted molar refractivity (Wildman–Crippen MR) is 89.3 cm³/mol. The van der Waals surface area contributed by atoms with E-state index in [-0.39, 0.29) is 5.92 Å². The van der Waals surface area contributed by atoms with Crippen molar-refractivity contribution < 1.29 is 4.79 Å². The third-order valence-corrected chi connectivity index (χ3v) is 0.992. The summed E-state index contributed by atoms with van der Waals surface area (Å²) in [6.45, 7) is 24.5. The summed E-state index contributed by atoms with van der Waals surface area (Å²) in [6, 6.07) is 0. The number of hydrogen-bond acceptors (Lipinski definition) is 1. The first-order valence-electron chi connectivity index (χ1n) is 7.85. The first-order valence-corrected chi connectivity index (χ1v) is 7.85. The van der Waals surface area contributed by atoms with Crippen LogP contribution < -0.4 is 0 Å². The maximum absolute atomic E-state index is 10.5. The topological polar surface area (TPSA) is 17.1 Å². The molecule has 116 valence electrons. The van der Waals surface area contributed by atoms with Crippen molar-refractivity contribution >= 4 is 5.78 Å². The lowest BCUT2D eigenvalue weighted by Crippen LogP contribution is -2.03. The molecule has 0 aromatic rings. The van der Waals surface area contributed by atoms with Crippen LogP contribution in [-0.2, 0) is 4.79 Å². The van der Waals surface area contributed by atoms with Gasteiger partial charge in [0.2, 0.25) is 0 Å². The van der Waals surface area contributed by atoms with E-state index in [1.807, 2.05) is 48.5 Å². The van der Waals surface area contributed by atoms with Crippen LogP contribution in [0.3, 0.4) is 0 Å². The molecular weight excluding hydrogens is 220 g/mol. The highest BCUT2D eigenvalue weighted by atomic mass is 16.1. The minimum absolute atomic E-state index is 0.227. The van der Waals surface area contributed by atoms with Crippen molar-refractivity contribution in [2.45, 2.75) is 95.9 Å². The van der Waals surface area contributed by atoms with Crippen LogP contribution in [0.5, 0.6) is 0 Å². The number of carbonyl (C=O) groups is 1. The zero-order valence-electron chi connectivity index (χ0n) is 15.5. The molecule has 1 nitrogen and oxygen atoms in total. The van der Waals surface area contributed by atoms with E-state index in [9.17, 15) is 4.79 Å². The van der Waals surface area contributed by atoms with E-state index in [1.165, 1.54) is 6.42 Å². The molecule has 0 aromatic carbocycles. The molecule has 0 saturated heterocycles. The quantitative estimate of drug-likeness (QED) is 0.537. The fourth-order valence-electron chi connectivity index (χ4n) is 0.408. The minimum atomic E-state index is 0.227. The molecule has 1 heteroatoms. The van der Waals surface area contributed by atoms with E-state index in [1.54, 1.807) is 0 Å². The molecule has 0 rings (SSSR count). The number of rotatable bonds is 2. The van der Waals surface area contributed by atoms with Gasteiger partial charge in [-0.2, -0.15) is 0 Å². The second kappa shape index (κ2) is 36.0. The van der Waals surface area contributed by atoms with Crippen LogP contribution in [-0.4, -0.2) is 5.78 Å². The summed E-state index contributed by atoms with van der Waals surface area (Å²) >= 11 is 0. The SMILES string of the molecule is CC.CC.CC(C)C.CCC.CCC(=O)C(C)C. The maximum atomic E-state index is 10.5. The van der Waals surface area contributed by atoms with Gasteiger partial charge in [-0.15, -0.1) is 0 Å². The molecule has 0 fully saturated rings. The molecule has 0 amide bonds. The molecule has 0 unspecified atom stereocenters. The largest absolute Gasteiger partial charge is 0.299 e. The summed E-state index contributed by atoms with van der Waals surface area (Å²) in [5, 5.41) is 0. The highest BCUT2D eigenvalue weighted by Crippen LogP contribution is 1.95. The van der Waals surface area contributed by atoms with Crippen LogP contribution in [0.25, 0.3) is 0 Å². The van der Waals surface area contributed by atoms with Gasteiger partial charge in [-0.3, -0.25) is 4.79 Å². The van der Waals surface area contributed by atoms with Crippen LogP contribution in [0.2, 0.25) is 0 Å². The van der Waals surface area contributed by atoms with Gasteiger partial charge in [0.1, 0.15) is 5.78 Å². The molecule has 0 aliphatic rings. The van der Waals surface area contributed by atoms with Crippen molar-refractivity contribution in [3.05, 3.63) is 0 Å². The Morgan fingerprint density at radius 2 is 0.944 bits per heavy atom. The lowest BCUT2D eigenvalue weighted by atomic mass is 10.1. The highest BCUT2D eigenvalue weighted by Gasteiger charge is 2.00. The zero-order chi connectivity index (χ0) is 16.1. The van der Waals surface area contributed by atoms with Crippen LogP contribution >= 0.6 is 0 Å². The molecule has 0 N–H and O–H groups in total. The Morgan fingerprint density at radius 1 is 0.778 bits per heavy atom. The van der Waals surface area contributed by atoms with E-state index in [0.29, 0.717) is 12.2 Å². The van der Waals surface area contributed by atoms with Crippen molar-refractivity contribution in [2.24, 2.45) is 11.8 Å². The zero-order valence-corrected chi connectivity index (χ0v) is 15.5. The molecule has 0 radical (unpaired) electrons. The first kappa shape index (κ1) is 30.6. The highest BCUT2D eigenvalue weighted by molar-refractivity contribution is 5.79. The molecule has 0 aliphatic heterocycles. The van der Waals surface area contributed by atoms with Crippen LogP contribution in [0.4, 0.5) is 0 Å². The Kier molecular flexibility index (Phi) is 61.1. The minimum Gasteiger partial charge on any atom is -0.299 e. The Morgan fingerprint density at radius 3 is 0.944 bits per heavy atom. The van der Waals surface area contributed by atoms with Gasteiger partial charge in [0.05, 0.1) is 0 Å². The second-order valence-electron chi connectivity index (χ2n) is 4.41. The van der Waals surface area contributed by atoms with Gasteiger partial charge in [0, 0.05) is 12.3 Å². The molecule has 0 aromatic heterocycles. The number of hydrogen-bond donors (Lipinski definition) is 0. The Hall–Kier alpha value is -0.330. The van der Waals surface area contributed by atoms with Gasteiger partial charge in [-0.05, 0) is 5.92 Å². The summed E-state index contributed by atoms with van der Waals surface area (Å²) in [5.74, 6) is 1.41. The number of Topliss-reactive ketones (excluding diaryl/α,β-unsaturated/α-hetero) is 1. The van der Waals surface area contributed by atoms with Gasteiger partial charge in [0.15, 0.2) is 0 Å². The number of carbonyl (C=O) groups excluding carboxylic acids is 1. The monoisotopic (exact) mass is 262 g/mol. The van der Waals surface area contributed by atoms with E-state index in [2.05, 4.69) is 34.6 Å². The fourth-order valence-corrected chi connectivity index (χ4v) is 0.408. The van der Waals surface area contributed by atoms with Crippen molar-refractivity contribution in [3.8, 4) is 0 Å². The normalized spacial score (nSPS) is 7.44. The van der Waals surface area contributed by atoms with Crippen molar-refractivity contribution in [1.82, 2.24) is 0 Å². The maximum Gasteiger partial charge on any atom is 0.135 e. The van der Waals surface area contributed by atoms with E-state index in [4.69, 9.17) is 0 Å². The smallest absolute Gasteiger partial charge is 0.135 e. The van der Waals surface area contributed by atoms with Gasteiger partial charge in [-0.1, -0.05) is 89.5 Å². The molecule has 0 bridgehead atoms. The third-order valence-electron chi connectivity index (χ3n) is 0.992. The molecule has 0 aliphatic carbocycles. The van der Waals surface area contributed by atoms with Gasteiger partial charge in [0.25, 0.3) is 0 Å². The number of ketones is 1. The molecule has 0 heterocycles. The summed E-state index contributed by atoms with van der Waals surface area (Å²) in [7, 11) is 0. The van der Waals surface area contributed by atoms with E-state index >= 15 is 0 Å². The summed E-state index contributed by atoms with van der Waals surface area (Å²) in [6.07, 6.45) is 1.93. The summed E-state index contributed by atoms with van der Waals surface area (Å²) < 4.78 is 0. The van der Waals surface area contributed by atoms with E-state index in [0.717, 1.165) is 5.92 Å². The Balaban J connectivity index is -0.0000000441. The van der Waals surface area contributed by atoms with Crippen LogP contribution in [0.15, 0.2) is 0 Å². The first-order chi connectivity index (χ1) is 8.33. The second-order valence-corrected chi connectivity index (χ2v) is 4.41.